The third-order valence-corrected chi connectivity index (χ3v) is 2.16. The van der Waals surface area contributed by atoms with Crippen molar-refractivity contribution in [2.24, 2.45) is 5.10 Å². The van der Waals surface area contributed by atoms with E-state index in [1.54, 1.807) is 26.4 Å². The minimum absolute atomic E-state index is 0.513. The Morgan fingerprint density at radius 3 is 2.81 bits per heavy atom. The Morgan fingerprint density at radius 1 is 1.50 bits per heavy atom. The van der Waals surface area contributed by atoms with E-state index in [-0.39, 0.29) is 0 Å². The molecule has 0 aliphatic heterocycles. The molecule has 0 spiro atoms. The Labute approximate surface area is 100 Å². The molecule has 5 heteroatoms. The topological polar surface area (TPSA) is 42.8 Å². The largest absolute Gasteiger partial charge is 0.493 e. The molecule has 0 aliphatic carbocycles. The molecule has 0 heterocycles. The van der Waals surface area contributed by atoms with Crippen molar-refractivity contribution in [1.82, 2.24) is 5.43 Å². The molecule has 0 saturated heterocycles. The molecule has 0 saturated carbocycles. The van der Waals surface area contributed by atoms with E-state index in [0.29, 0.717) is 23.1 Å². The van der Waals surface area contributed by atoms with Gasteiger partial charge in [-0.1, -0.05) is 11.6 Å². The number of hydrogen-bond acceptors (Lipinski definition) is 4. The van der Waals surface area contributed by atoms with Crippen molar-refractivity contribution in [1.29, 1.82) is 0 Å². The van der Waals surface area contributed by atoms with Crippen LogP contribution in [0.25, 0.3) is 0 Å². The first-order valence-corrected chi connectivity index (χ1v) is 5.30. The third-order valence-electron chi connectivity index (χ3n) is 1.88. The van der Waals surface area contributed by atoms with Gasteiger partial charge in [-0.2, -0.15) is 5.10 Å². The van der Waals surface area contributed by atoms with E-state index in [1.165, 1.54) is 0 Å². The number of hydrazone groups is 1. The Hall–Kier alpha value is -1.42. The molecule has 1 N–H and O–H groups in total. The smallest absolute Gasteiger partial charge is 0.179 e. The number of benzene rings is 1. The average molecular weight is 243 g/mol. The lowest BCUT2D eigenvalue weighted by molar-refractivity contribution is 0.311. The molecule has 0 amide bonds. The van der Waals surface area contributed by atoms with Gasteiger partial charge in [0, 0.05) is 7.05 Å². The summed E-state index contributed by atoms with van der Waals surface area (Å²) in [6.07, 6.45) is 1.66. The molecular weight excluding hydrogens is 228 g/mol. The van der Waals surface area contributed by atoms with Crippen LogP contribution in [0.4, 0.5) is 0 Å². The quantitative estimate of drug-likeness (QED) is 0.637. The third kappa shape index (κ3) is 3.03. The number of ether oxygens (including phenoxy) is 2. The summed E-state index contributed by atoms with van der Waals surface area (Å²) in [5.74, 6) is 1.17. The predicted molar refractivity (Wildman–Crippen MR) is 65.8 cm³/mol. The number of hydrogen-bond donors (Lipinski definition) is 1. The fourth-order valence-corrected chi connectivity index (χ4v) is 1.51. The molecule has 16 heavy (non-hydrogen) atoms. The summed E-state index contributed by atoms with van der Waals surface area (Å²) in [5.41, 5.74) is 3.51. The zero-order valence-electron chi connectivity index (χ0n) is 9.58. The summed E-state index contributed by atoms with van der Waals surface area (Å²) in [5, 5.41) is 4.42. The normalized spacial score (nSPS) is 10.5. The number of rotatable bonds is 5. The van der Waals surface area contributed by atoms with E-state index in [2.05, 4.69) is 10.5 Å². The zero-order valence-corrected chi connectivity index (χ0v) is 10.3. The molecule has 1 rings (SSSR count). The van der Waals surface area contributed by atoms with Crippen LogP contribution in [0.3, 0.4) is 0 Å². The number of halogens is 1. The van der Waals surface area contributed by atoms with Gasteiger partial charge in [-0.15, -0.1) is 0 Å². The molecule has 0 unspecified atom stereocenters. The summed E-state index contributed by atoms with van der Waals surface area (Å²) in [6.45, 7) is 2.44. The van der Waals surface area contributed by atoms with Crippen molar-refractivity contribution in [2.75, 3.05) is 20.8 Å². The maximum atomic E-state index is 6.08. The Morgan fingerprint density at radius 2 is 2.25 bits per heavy atom. The monoisotopic (exact) mass is 242 g/mol. The van der Waals surface area contributed by atoms with Crippen LogP contribution in [-0.2, 0) is 0 Å². The van der Waals surface area contributed by atoms with Crippen molar-refractivity contribution in [3.05, 3.63) is 22.7 Å². The highest BCUT2D eigenvalue weighted by molar-refractivity contribution is 6.32. The SMILES string of the molecule is CCOc1c(Cl)cc(/C=N/NC)cc1OC. The van der Waals surface area contributed by atoms with Gasteiger partial charge in [0.25, 0.3) is 0 Å². The molecular formula is C11H15ClN2O2. The highest BCUT2D eigenvalue weighted by atomic mass is 35.5. The van der Waals surface area contributed by atoms with E-state index in [4.69, 9.17) is 21.1 Å². The van der Waals surface area contributed by atoms with Gasteiger partial charge >= 0.3 is 0 Å². The predicted octanol–water partition coefficient (Wildman–Crippen LogP) is 2.30. The van der Waals surface area contributed by atoms with Crippen LogP contribution in [0.1, 0.15) is 12.5 Å². The Balaban J connectivity index is 3.10. The van der Waals surface area contributed by atoms with Gasteiger partial charge in [-0.3, -0.25) is 0 Å². The summed E-state index contributed by atoms with van der Waals surface area (Å²) in [4.78, 5) is 0. The fraction of sp³-hybridized carbons (Fsp3) is 0.364. The fourth-order valence-electron chi connectivity index (χ4n) is 1.24. The standard InChI is InChI=1S/C11H15ClN2O2/c1-4-16-11-9(12)5-8(7-14-13-2)6-10(11)15-3/h5-7,13H,4H2,1-3H3/b14-7+. The number of nitrogens with one attached hydrogen (secondary N) is 1. The average Bonchev–Trinajstić information content (AvgIpc) is 2.29. The van der Waals surface area contributed by atoms with Crippen LogP contribution < -0.4 is 14.9 Å². The van der Waals surface area contributed by atoms with Crippen LogP contribution in [0.2, 0.25) is 5.02 Å². The molecule has 0 aliphatic rings. The Bertz CT molecular complexity index is 380. The van der Waals surface area contributed by atoms with Crippen LogP contribution in [0, 0.1) is 0 Å². The van der Waals surface area contributed by atoms with E-state index in [1.807, 2.05) is 13.0 Å². The van der Waals surface area contributed by atoms with Gasteiger partial charge in [0.05, 0.1) is 25.0 Å². The zero-order chi connectivity index (χ0) is 12.0. The molecule has 0 atom stereocenters. The van der Waals surface area contributed by atoms with Crippen molar-refractivity contribution in [3.8, 4) is 11.5 Å². The second-order valence-electron chi connectivity index (χ2n) is 2.95. The molecule has 88 valence electrons. The summed E-state index contributed by atoms with van der Waals surface area (Å²) in [7, 11) is 3.30. The summed E-state index contributed by atoms with van der Waals surface area (Å²) < 4.78 is 10.6. The summed E-state index contributed by atoms with van der Waals surface area (Å²) >= 11 is 6.08. The number of methoxy groups -OCH3 is 1. The van der Waals surface area contributed by atoms with Gasteiger partial charge in [-0.25, -0.2) is 0 Å². The minimum atomic E-state index is 0.513. The highest BCUT2D eigenvalue weighted by Crippen LogP contribution is 2.35. The lowest BCUT2D eigenvalue weighted by atomic mass is 10.2. The summed E-state index contributed by atoms with van der Waals surface area (Å²) in [6, 6.07) is 3.59. The van der Waals surface area contributed by atoms with Gasteiger partial charge in [-0.05, 0) is 24.6 Å². The van der Waals surface area contributed by atoms with Gasteiger partial charge < -0.3 is 14.9 Å². The van der Waals surface area contributed by atoms with Gasteiger partial charge in [0.15, 0.2) is 11.5 Å². The number of nitrogens with zero attached hydrogens (tertiary/aromatic N) is 1. The molecule has 0 fully saturated rings. The molecule has 4 nitrogen and oxygen atoms in total. The maximum absolute atomic E-state index is 6.08. The first kappa shape index (κ1) is 12.6. The molecule has 1 aromatic carbocycles. The van der Waals surface area contributed by atoms with Crippen molar-refractivity contribution >= 4 is 17.8 Å². The van der Waals surface area contributed by atoms with E-state index in [9.17, 15) is 0 Å². The van der Waals surface area contributed by atoms with E-state index in [0.717, 1.165) is 5.56 Å². The van der Waals surface area contributed by atoms with Crippen LogP contribution in [0.15, 0.2) is 17.2 Å². The van der Waals surface area contributed by atoms with Crippen molar-refractivity contribution in [2.45, 2.75) is 6.92 Å². The molecule has 0 bridgehead atoms. The molecule has 1 aromatic rings. The lowest BCUT2D eigenvalue weighted by Crippen LogP contribution is -1.99. The first-order chi connectivity index (χ1) is 7.72. The van der Waals surface area contributed by atoms with Crippen LogP contribution >= 0.6 is 11.6 Å². The second-order valence-corrected chi connectivity index (χ2v) is 3.36. The molecule has 0 radical (unpaired) electrons. The van der Waals surface area contributed by atoms with E-state index < -0.39 is 0 Å². The lowest BCUT2D eigenvalue weighted by Gasteiger charge is -2.11. The second kappa shape index (κ2) is 6.23. The highest BCUT2D eigenvalue weighted by Gasteiger charge is 2.10. The minimum Gasteiger partial charge on any atom is -0.493 e. The first-order valence-electron chi connectivity index (χ1n) is 4.93. The van der Waals surface area contributed by atoms with Crippen molar-refractivity contribution < 1.29 is 9.47 Å². The van der Waals surface area contributed by atoms with E-state index >= 15 is 0 Å². The van der Waals surface area contributed by atoms with Crippen LogP contribution in [-0.4, -0.2) is 27.0 Å². The molecule has 0 aromatic heterocycles. The van der Waals surface area contributed by atoms with Crippen LogP contribution in [0.5, 0.6) is 11.5 Å². The maximum Gasteiger partial charge on any atom is 0.179 e. The van der Waals surface area contributed by atoms with Crippen molar-refractivity contribution in [3.63, 3.8) is 0 Å². The Kier molecular flexibility index (Phi) is 4.92. The van der Waals surface area contributed by atoms with Gasteiger partial charge in [0.2, 0.25) is 0 Å². The van der Waals surface area contributed by atoms with Gasteiger partial charge in [0.1, 0.15) is 0 Å².